The van der Waals surface area contributed by atoms with Crippen LogP contribution in [0.2, 0.25) is 0 Å². The number of carboxylic acid groups (broad SMARTS) is 1. The molecular formula is C27H27NO6. The number of fused-ring (bicyclic) bond motifs is 2. The van der Waals surface area contributed by atoms with Crippen LogP contribution in [0.3, 0.4) is 0 Å². The summed E-state index contributed by atoms with van der Waals surface area (Å²) in [6.07, 6.45) is 0.214. The van der Waals surface area contributed by atoms with E-state index in [-0.39, 0.29) is 17.2 Å². The lowest BCUT2D eigenvalue weighted by molar-refractivity contribution is -0.138. The van der Waals surface area contributed by atoms with Crippen molar-refractivity contribution in [2.75, 3.05) is 11.5 Å². The van der Waals surface area contributed by atoms with Crippen LogP contribution in [-0.4, -0.2) is 35.6 Å². The van der Waals surface area contributed by atoms with Crippen LogP contribution < -0.4 is 14.4 Å². The molecule has 1 atom stereocenters. The van der Waals surface area contributed by atoms with Crippen molar-refractivity contribution in [1.29, 1.82) is 0 Å². The van der Waals surface area contributed by atoms with Crippen LogP contribution in [0.1, 0.15) is 66.3 Å². The van der Waals surface area contributed by atoms with Crippen molar-refractivity contribution in [3.63, 3.8) is 0 Å². The topological polar surface area (TPSA) is 93.1 Å². The number of benzene rings is 3. The second kappa shape index (κ2) is 9.17. The summed E-state index contributed by atoms with van der Waals surface area (Å²) in [7, 11) is 0. The Morgan fingerprint density at radius 2 is 1.47 bits per heavy atom. The Morgan fingerprint density at radius 3 is 1.97 bits per heavy atom. The van der Waals surface area contributed by atoms with Crippen LogP contribution in [0.4, 0.5) is 5.69 Å². The Bertz CT molecular complexity index is 1280. The standard InChI is InChI=1S/C27H27NO6/c1-5-18(27(31)32)16-11-13-17(14-12-16)28-25(29)21-22(26(28)30)24(34-15(3)4)20-10-8-7-9-19(20)23(21)33-6-2/h7-15,18H,5-6H2,1-4H3,(H,31,32). The number of aliphatic carboxylic acids is 1. The normalized spacial score (nSPS) is 14.0. The molecule has 3 aromatic carbocycles. The van der Waals surface area contributed by atoms with Gasteiger partial charge in [0, 0.05) is 10.8 Å². The lowest BCUT2D eigenvalue weighted by atomic mass is 9.96. The van der Waals surface area contributed by atoms with Gasteiger partial charge in [-0.15, -0.1) is 0 Å². The lowest BCUT2D eigenvalue weighted by Crippen LogP contribution is -2.29. The third-order valence-electron chi connectivity index (χ3n) is 5.86. The molecule has 0 saturated carbocycles. The van der Waals surface area contributed by atoms with Crippen molar-refractivity contribution in [1.82, 2.24) is 0 Å². The molecule has 4 rings (SSSR count). The van der Waals surface area contributed by atoms with Gasteiger partial charge in [0.2, 0.25) is 0 Å². The zero-order valence-electron chi connectivity index (χ0n) is 19.6. The molecule has 0 radical (unpaired) electrons. The van der Waals surface area contributed by atoms with E-state index in [0.29, 0.717) is 46.6 Å². The van der Waals surface area contributed by atoms with Crippen LogP contribution in [0, 0.1) is 0 Å². The minimum atomic E-state index is -0.917. The SMILES string of the molecule is CCOc1c2c(c(OC(C)C)c3ccccc13)C(=O)N(c1ccc(C(CC)C(=O)O)cc1)C2=O. The Balaban J connectivity index is 1.89. The molecule has 1 unspecified atom stereocenters. The molecule has 0 aromatic heterocycles. The summed E-state index contributed by atoms with van der Waals surface area (Å²) in [5.74, 6) is -1.85. The molecular weight excluding hydrogens is 434 g/mol. The first-order valence-corrected chi connectivity index (χ1v) is 11.4. The number of ether oxygens (including phenoxy) is 2. The molecule has 1 heterocycles. The Kier molecular flexibility index (Phi) is 6.28. The van der Waals surface area contributed by atoms with Gasteiger partial charge < -0.3 is 14.6 Å². The smallest absolute Gasteiger partial charge is 0.310 e. The maximum absolute atomic E-state index is 13.7. The average molecular weight is 462 g/mol. The van der Waals surface area contributed by atoms with Gasteiger partial charge in [0.1, 0.15) is 11.5 Å². The minimum Gasteiger partial charge on any atom is -0.492 e. The van der Waals surface area contributed by atoms with Crippen LogP contribution in [0.25, 0.3) is 10.8 Å². The number of amides is 2. The molecule has 3 aromatic rings. The summed E-state index contributed by atoms with van der Waals surface area (Å²) < 4.78 is 12.0. The number of rotatable bonds is 8. The molecule has 7 nitrogen and oxygen atoms in total. The van der Waals surface area contributed by atoms with Crippen molar-refractivity contribution in [2.24, 2.45) is 0 Å². The Morgan fingerprint density at radius 1 is 0.912 bits per heavy atom. The molecule has 1 aliphatic heterocycles. The number of carbonyl (C=O) groups excluding carboxylic acids is 2. The van der Waals surface area contributed by atoms with Gasteiger partial charge in [0.05, 0.1) is 35.4 Å². The fourth-order valence-electron chi connectivity index (χ4n) is 4.39. The third kappa shape index (κ3) is 3.77. The summed E-state index contributed by atoms with van der Waals surface area (Å²) >= 11 is 0. The van der Waals surface area contributed by atoms with Gasteiger partial charge >= 0.3 is 5.97 Å². The average Bonchev–Trinajstić information content (AvgIpc) is 3.07. The zero-order valence-corrected chi connectivity index (χ0v) is 19.6. The van der Waals surface area contributed by atoms with Crippen molar-refractivity contribution < 1.29 is 29.0 Å². The van der Waals surface area contributed by atoms with Gasteiger partial charge in [-0.05, 0) is 44.9 Å². The molecule has 0 saturated heterocycles. The van der Waals surface area contributed by atoms with E-state index in [1.54, 1.807) is 31.2 Å². The monoisotopic (exact) mass is 461 g/mol. The molecule has 1 N–H and O–H groups in total. The van der Waals surface area contributed by atoms with E-state index in [4.69, 9.17) is 9.47 Å². The van der Waals surface area contributed by atoms with E-state index in [1.807, 2.05) is 45.0 Å². The van der Waals surface area contributed by atoms with E-state index in [9.17, 15) is 19.5 Å². The summed E-state index contributed by atoms with van der Waals surface area (Å²) in [6.45, 7) is 7.67. The van der Waals surface area contributed by atoms with Crippen molar-refractivity contribution >= 4 is 34.2 Å². The largest absolute Gasteiger partial charge is 0.492 e. The molecule has 7 heteroatoms. The lowest BCUT2D eigenvalue weighted by Gasteiger charge is -2.18. The van der Waals surface area contributed by atoms with Crippen molar-refractivity contribution in [2.45, 2.75) is 46.1 Å². The van der Waals surface area contributed by atoms with Crippen LogP contribution in [0.15, 0.2) is 48.5 Å². The second-order valence-corrected chi connectivity index (χ2v) is 8.39. The van der Waals surface area contributed by atoms with Gasteiger partial charge in [-0.3, -0.25) is 14.4 Å². The third-order valence-corrected chi connectivity index (χ3v) is 5.86. The first kappa shape index (κ1) is 23.3. The quantitative estimate of drug-likeness (QED) is 0.451. The number of nitrogens with zero attached hydrogens (tertiary/aromatic N) is 1. The molecule has 2 amide bonds. The minimum absolute atomic E-state index is 0.182. The number of hydrogen-bond donors (Lipinski definition) is 1. The van der Waals surface area contributed by atoms with Gasteiger partial charge in [-0.1, -0.05) is 43.3 Å². The first-order valence-electron chi connectivity index (χ1n) is 11.4. The molecule has 34 heavy (non-hydrogen) atoms. The van der Waals surface area contributed by atoms with Crippen LogP contribution >= 0.6 is 0 Å². The highest BCUT2D eigenvalue weighted by atomic mass is 16.5. The number of hydrogen-bond acceptors (Lipinski definition) is 5. The summed E-state index contributed by atoms with van der Waals surface area (Å²) in [6, 6.07) is 13.9. The Labute approximate surface area is 197 Å². The second-order valence-electron chi connectivity index (χ2n) is 8.39. The number of anilines is 1. The summed E-state index contributed by atoms with van der Waals surface area (Å²) in [4.78, 5) is 39.9. The number of carbonyl (C=O) groups is 3. The maximum Gasteiger partial charge on any atom is 0.310 e. The highest BCUT2D eigenvalue weighted by Crippen LogP contribution is 2.46. The van der Waals surface area contributed by atoms with Crippen LogP contribution in [0.5, 0.6) is 11.5 Å². The van der Waals surface area contributed by atoms with Gasteiger partial charge in [-0.25, -0.2) is 4.90 Å². The zero-order chi connectivity index (χ0) is 24.6. The van der Waals surface area contributed by atoms with Gasteiger partial charge in [-0.2, -0.15) is 0 Å². The van der Waals surface area contributed by atoms with E-state index >= 15 is 0 Å². The fourth-order valence-corrected chi connectivity index (χ4v) is 4.39. The van der Waals surface area contributed by atoms with Crippen molar-refractivity contribution in [3.8, 4) is 11.5 Å². The fraction of sp³-hybridized carbons (Fsp3) is 0.296. The van der Waals surface area contributed by atoms with E-state index in [0.717, 1.165) is 4.90 Å². The Hall–Kier alpha value is -3.87. The van der Waals surface area contributed by atoms with E-state index in [1.165, 1.54) is 0 Å². The maximum atomic E-state index is 13.7. The molecule has 0 fully saturated rings. The predicted molar refractivity (Wildman–Crippen MR) is 129 cm³/mol. The number of carboxylic acids is 1. The summed E-state index contributed by atoms with van der Waals surface area (Å²) in [5.41, 5.74) is 1.33. The van der Waals surface area contributed by atoms with Crippen LogP contribution in [-0.2, 0) is 4.79 Å². The molecule has 176 valence electrons. The highest BCUT2D eigenvalue weighted by molar-refractivity contribution is 6.38. The van der Waals surface area contributed by atoms with Gasteiger partial charge in [0.25, 0.3) is 11.8 Å². The molecule has 0 aliphatic carbocycles. The van der Waals surface area contributed by atoms with E-state index in [2.05, 4.69) is 0 Å². The van der Waals surface area contributed by atoms with Gasteiger partial charge in [0.15, 0.2) is 0 Å². The molecule has 1 aliphatic rings. The summed E-state index contributed by atoms with van der Waals surface area (Å²) in [5, 5.41) is 10.8. The molecule has 0 bridgehead atoms. The van der Waals surface area contributed by atoms with E-state index < -0.39 is 23.7 Å². The van der Waals surface area contributed by atoms with Crippen molar-refractivity contribution in [3.05, 3.63) is 65.2 Å². The highest BCUT2D eigenvalue weighted by Gasteiger charge is 2.43. The number of imide groups is 1. The first-order chi connectivity index (χ1) is 16.3. The molecule has 0 spiro atoms. The predicted octanol–water partition coefficient (Wildman–Crippen LogP) is 5.40.